The van der Waals surface area contributed by atoms with E-state index in [1.54, 1.807) is 13.0 Å². The molecule has 39 heavy (non-hydrogen) atoms. The fraction of sp³-hybridized carbons (Fsp3) is 0.467. The summed E-state index contributed by atoms with van der Waals surface area (Å²) in [5.74, 6) is -1.51. The summed E-state index contributed by atoms with van der Waals surface area (Å²) < 4.78 is 85.2. The first-order valence-electron chi connectivity index (χ1n) is 13.4. The minimum absolute atomic E-state index is 0.185. The van der Waals surface area contributed by atoms with Gasteiger partial charge in [-0.3, -0.25) is 9.29 Å². The van der Waals surface area contributed by atoms with Gasteiger partial charge in [0.2, 0.25) is 0 Å². The Morgan fingerprint density at radius 3 is 2.54 bits per heavy atom. The lowest BCUT2D eigenvalue weighted by molar-refractivity contribution is -0.155. The Morgan fingerprint density at radius 2 is 1.87 bits per heavy atom. The summed E-state index contributed by atoms with van der Waals surface area (Å²) in [5.41, 5.74) is 2.79. The molecule has 2 aliphatic heterocycles. The van der Waals surface area contributed by atoms with E-state index in [9.17, 15) is 17.6 Å². The molecule has 0 saturated carbocycles. The monoisotopic (exact) mass is 549 g/mol. The fourth-order valence-electron chi connectivity index (χ4n) is 6.39. The molecule has 0 radical (unpaired) electrons. The van der Waals surface area contributed by atoms with Gasteiger partial charge in [-0.25, -0.2) is 8.78 Å². The van der Waals surface area contributed by atoms with Crippen LogP contribution >= 0.6 is 0 Å². The van der Waals surface area contributed by atoms with Gasteiger partial charge in [0, 0.05) is 41.3 Å². The molecule has 1 saturated heterocycles. The average Bonchev–Trinajstić information content (AvgIpc) is 3.46. The highest BCUT2D eigenvalue weighted by Crippen LogP contribution is 2.44. The van der Waals surface area contributed by atoms with E-state index in [2.05, 4.69) is 16.5 Å². The summed E-state index contributed by atoms with van der Waals surface area (Å²) in [6.07, 6.45) is -0.800. The Kier molecular flexibility index (Phi) is 7.84. The van der Waals surface area contributed by atoms with Gasteiger partial charge in [-0.2, -0.15) is 13.2 Å². The van der Waals surface area contributed by atoms with E-state index >= 15 is 8.78 Å². The highest BCUT2D eigenvalue weighted by Gasteiger charge is 2.43. The Morgan fingerprint density at radius 1 is 1.13 bits per heavy atom. The maximum Gasteiger partial charge on any atom is 0.401 e. The first-order chi connectivity index (χ1) is 18.6. The molecule has 1 aromatic heterocycles. The number of hydrogen-bond donors (Lipinski definition) is 1. The molecule has 3 heterocycles. The van der Waals surface area contributed by atoms with E-state index in [0.717, 1.165) is 40.9 Å². The molecule has 3 aromatic rings. The molecule has 2 aliphatic rings. The highest BCUT2D eigenvalue weighted by atomic mass is 19.4. The molecule has 0 amide bonds. The molecule has 2 aromatic carbocycles. The first kappa shape index (κ1) is 27.8. The summed E-state index contributed by atoms with van der Waals surface area (Å²) in [5, 5.41) is 0.829. The molecule has 0 spiro atoms. The van der Waals surface area contributed by atoms with Crippen LogP contribution in [0, 0.1) is 17.6 Å². The van der Waals surface area contributed by atoms with E-state index < -0.39 is 36.4 Å². The largest absolute Gasteiger partial charge is 0.401 e. The van der Waals surface area contributed by atoms with Crippen LogP contribution in [0.2, 0.25) is 0 Å². The number of rotatable bonds is 8. The summed E-state index contributed by atoms with van der Waals surface area (Å²) >= 11 is 0. The van der Waals surface area contributed by atoms with Gasteiger partial charge in [-0.1, -0.05) is 24.8 Å². The Labute approximate surface area is 224 Å². The molecule has 2 unspecified atom stereocenters. The lowest BCUT2D eigenvalue weighted by atomic mass is 9.87. The third kappa shape index (κ3) is 5.75. The smallest absolute Gasteiger partial charge is 0.357 e. The Balaban J connectivity index is 1.53. The minimum atomic E-state index is -4.55. The number of fused-ring (bicyclic) bond motifs is 3. The molecule has 1 fully saturated rings. The van der Waals surface area contributed by atoms with Crippen LogP contribution in [0.5, 0.6) is 0 Å². The normalized spacial score (nSPS) is 22.5. The SMILES string of the molecule is C=Cc1ccc2c3c([nH]c2c1)C(c1c(F)cc(CC2CCN(CCCF)C2)cc1F)N(CC(F)(F)F)[C@H](C)C3. The predicted octanol–water partition coefficient (Wildman–Crippen LogP) is 7.21. The summed E-state index contributed by atoms with van der Waals surface area (Å²) in [6.45, 7) is 5.97. The molecule has 210 valence electrons. The van der Waals surface area contributed by atoms with E-state index in [0.29, 0.717) is 42.6 Å². The van der Waals surface area contributed by atoms with Crippen LogP contribution in [0.15, 0.2) is 36.9 Å². The summed E-state index contributed by atoms with van der Waals surface area (Å²) in [6, 6.07) is 6.25. The second-order valence-electron chi connectivity index (χ2n) is 10.9. The fourth-order valence-corrected chi connectivity index (χ4v) is 6.39. The summed E-state index contributed by atoms with van der Waals surface area (Å²) in [4.78, 5) is 6.50. The molecule has 1 N–H and O–H groups in total. The van der Waals surface area contributed by atoms with Crippen molar-refractivity contribution in [2.75, 3.05) is 32.9 Å². The van der Waals surface area contributed by atoms with Crippen molar-refractivity contribution in [1.82, 2.24) is 14.8 Å². The van der Waals surface area contributed by atoms with Crippen LogP contribution in [-0.2, 0) is 12.8 Å². The van der Waals surface area contributed by atoms with E-state index in [1.807, 2.05) is 18.2 Å². The maximum absolute atomic E-state index is 15.8. The number of nitrogens with one attached hydrogen (secondary N) is 1. The van der Waals surface area contributed by atoms with Crippen molar-refractivity contribution in [2.24, 2.45) is 5.92 Å². The van der Waals surface area contributed by atoms with Gasteiger partial charge in [0.1, 0.15) is 11.6 Å². The van der Waals surface area contributed by atoms with Crippen LogP contribution in [0.25, 0.3) is 17.0 Å². The third-order valence-electron chi connectivity index (χ3n) is 8.15. The number of halogens is 6. The van der Waals surface area contributed by atoms with Gasteiger partial charge >= 0.3 is 6.18 Å². The molecule has 9 heteroatoms. The zero-order valence-electron chi connectivity index (χ0n) is 21.9. The van der Waals surface area contributed by atoms with Crippen molar-refractivity contribution < 1.29 is 26.3 Å². The van der Waals surface area contributed by atoms with Gasteiger partial charge in [0.15, 0.2) is 0 Å². The number of benzene rings is 2. The zero-order chi connectivity index (χ0) is 27.9. The lowest BCUT2D eigenvalue weighted by Gasteiger charge is -2.41. The van der Waals surface area contributed by atoms with E-state index in [4.69, 9.17) is 0 Å². The number of alkyl halides is 4. The van der Waals surface area contributed by atoms with Crippen molar-refractivity contribution in [3.05, 3.63) is 76.5 Å². The molecule has 3 atom stereocenters. The second-order valence-corrected chi connectivity index (χ2v) is 10.9. The third-order valence-corrected chi connectivity index (χ3v) is 8.15. The second kappa shape index (κ2) is 11.0. The number of likely N-dealkylation sites (tertiary alicyclic amines) is 1. The minimum Gasteiger partial charge on any atom is -0.357 e. The molecular weight excluding hydrogens is 516 g/mol. The van der Waals surface area contributed by atoms with Crippen molar-refractivity contribution in [3.8, 4) is 0 Å². The molecule has 3 nitrogen and oxygen atoms in total. The van der Waals surface area contributed by atoms with Crippen LogP contribution in [-0.4, -0.2) is 59.9 Å². The van der Waals surface area contributed by atoms with Crippen molar-refractivity contribution in [1.29, 1.82) is 0 Å². The van der Waals surface area contributed by atoms with Crippen LogP contribution < -0.4 is 0 Å². The topological polar surface area (TPSA) is 22.3 Å². The quantitative estimate of drug-likeness (QED) is 0.300. The Bertz CT molecular complexity index is 1320. The van der Waals surface area contributed by atoms with Crippen LogP contribution in [0.3, 0.4) is 0 Å². The van der Waals surface area contributed by atoms with E-state index in [1.165, 1.54) is 12.1 Å². The van der Waals surface area contributed by atoms with Crippen molar-refractivity contribution in [2.45, 2.75) is 50.9 Å². The standard InChI is InChI=1S/C30H33F6N3/c1-3-19-5-6-22-23-11-18(2)39(17-30(34,35)36)29(28(23)37-26(22)15-19)27-24(32)13-21(14-25(27)33)12-20-7-10-38(16-20)9-4-8-31/h3,5-6,13-15,18,20,29,37H,1,4,7-12,16-17H2,2H3/t18-,20?,29?/m1/s1. The summed E-state index contributed by atoms with van der Waals surface area (Å²) in [7, 11) is 0. The number of nitrogens with zero attached hydrogens (tertiary/aromatic N) is 2. The number of aromatic amines is 1. The van der Waals surface area contributed by atoms with Gasteiger partial charge in [0.25, 0.3) is 0 Å². The van der Waals surface area contributed by atoms with Gasteiger partial charge < -0.3 is 9.88 Å². The number of H-pyrrole nitrogens is 1. The number of hydrogen-bond acceptors (Lipinski definition) is 2. The maximum atomic E-state index is 15.8. The molecular formula is C30H33F6N3. The van der Waals surface area contributed by atoms with Crippen molar-refractivity contribution in [3.63, 3.8) is 0 Å². The van der Waals surface area contributed by atoms with Gasteiger partial charge in [0.05, 0.1) is 19.3 Å². The zero-order valence-corrected chi connectivity index (χ0v) is 21.9. The van der Waals surface area contributed by atoms with Crippen LogP contribution in [0.4, 0.5) is 26.3 Å². The first-order valence-corrected chi connectivity index (χ1v) is 13.4. The molecule has 5 rings (SSSR count). The van der Waals surface area contributed by atoms with E-state index in [-0.39, 0.29) is 18.2 Å². The molecule has 0 aliphatic carbocycles. The Hall–Kier alpha value is -2.78. The van der Waals surface area contributed by atoms with Crippen molar-refractivity contribution >= 4 is 17.0 Å². The predicted molar refractivity (Wildman–Crippen MR) is 141 cm³/mol. The van der Waals surface area contributed by atoms with Gasteiger partial charge in [-0.05, 0) is 80.0 Å². The highest BCUT2D eigenvalue weighted by molar-refractivity contribution is 5.87. The van der Waals surface area contributed by atoms with Gasteiger partial charge in [-0.15, -0.1) is 0 Å². The molecule has 0 bridgehead atoms. The van der Waals surface area contributed by atoms with Crippen LogP contribution in [0.1, 0.15) is 53.8 Å². The average molecular weight is 550 g/mol. The lowest BCUT2D eigenvalue weighted by Crippen LogP contribution is -2.47. The number of aromatic nitrogens is 1.